The van der Waals surface area contributed by atoms with Crippen molar-refractivity contribution < 1.29 is 19.4 Å². The molecule has 32 heavy (non-hydrogen) atoms. The molecule has 0 radical (unpaired) electrons. The van der Waals surface area contributed by atoms with Crippen molar-refractivity contribution in [3.05, 3.63) is 29.8 Å². The average molecular weight is 445 g/mol. The zero-order chi connectivity index (χ0) is 23.6. The van der Waals surface area contributed by atoms with Gasteiger partial charge < -0.3 is 20.5 Å². The van der Waals surface area contributed by atoms with E-state index in [1.807, 2.05) is 20.8 Å². The Hall–Kier alpha value is -2.08. The molecule has 3 rings (SSSR count). The second kappa shape index (κ2) is 9.82. The van der Waals surface area contributed by atoms with Gasteiger partial charge >= 0.3 is 0 Å². The third-order valence-corrected chi connectivity index (χ3v) is 8.04. The predicted molar refractivity (Wildman–Crippen MR) is 125 cm³/mol. The van der Waals surface area contributed by atoms with Crippen molar-refractivity contribution >= 4 is 11.8 Å². The molecule has 0 unspecified atom stereocenters. The molecule has 6 heteroatoms. The minimum absolute atomic E-state index is 0.00382. The van der Waals surface area contributed by atoms with E-state index < -0.39 is 6.10 Å². The lowest BCUT2D eigenvalue weighted by atomic mass is 9.51. The highest BCUT2D eigenvalue weighted by atomic mass is 16.5. The molecule has 2 aliphatic carbocycles. The molecule has 178 valence electrons. The van der Waals surface area contributed by atoms with E-state index in [9.17, 15) is 14.7 Å². The molecule has 0 aliphatic heterocycles. The van der Waals surface area contributed by atoms with Crippen LogP contribution in [0.15, 0.2) is 24.3 Å². The SMILES string of the molecule is COc1ccc(C(=O)N[C@H]2CC[C@]3(C)CC[C@@H]([C@H](C)C(=O)NC(C)C)[C@H](O)[C@H]3[C@@H]2C)cc1. The maximum absolute atomic E-state index is 12.9. The molecule has 2 fully saturated rings. The topological polar surface area (TPSA) is 87.7 Å². The van der Waals surface area contributed by atoms with E-state index in [2.05, 4.69) is 24.5 Å². The molecule has 1 aromatic carbocycles. The summed E-state index contributed by atoms with van der Waals surface area (Å²) >= 11 is 0. The Morgan fingerprint density at radius 2 is 1.75 bits per heavy atom. The molecule has 7 atom stereocenters. The van der Waals surface area contributed by atoms with Gasteiger partial charge in [-0.25, -0.2) is 0 Å². The Bertz CT molecular complexity index is 809. The normalized spacial score (nSPS) is 33.2. The summed E-state index contributed by atoms with van der Waals surface area (Å²) in [5, 5.41) is 17.7. The molecule has 0 bridgehead atoms. The third kappa shape index (κ3) is 4.95. The molecule has 6 nitrogen and oxygen atoms in total. The average Bonchev–Trinajstić information content (AvgIpc) is 2.75. The summed E-state index contributed by atoms with van der Waals surface area (Å²) in [5.74, 6) is 0.499. The first-order chi connectivity index (χ1) is 15.1. The predicted octanol–water partition coefficient (Wildman–Crippen LogP) is 3.78. The number of rotatable bonds is 6. The number of benzene rings is 1. The fraction of sp³-hybridized carbons (Fsp3) is 0.692. The Kier molecular flexibility index (Phi) is 7.53. The number of nitrogens with one attached hydrogen (secondary N) is 2. The number of amides is 2. The van der Waals surface area contributed by atoms with E-state index >= 15 is 0 Å². The van der Waals surface area contributed by atoms with E-state index in [0.717, 1.165) is 31.4 Å². The first kappa shape index (κ1) is 24.6. The molecular weight excluding hydrogens is 404 g/mol. The number of aliphatic hydroxyl groups is 1. The van der Waals surface area contributed by atoms with E-state index in [0.29, 0.717) is 5.56 Å². The van der Waals surface area contributed by atoms with Gasteiger partial charge in [0.25, 0.3) is 5.91 Å². The molecular formula is C26H40N2O4. The number of hydrogen-bond donors (Lipinski definition) is 3. The summed E-state index contributed by atoms with van der Waals surface area (Å²) in [7, 11) is 1.60. The van der Waals surface area contributed by atoms with Gasteiger partial charge in [-0.2, -0.15) is 0 Å². The summed E-state index contributed by atoms with van der Waals surface area (Å²) in [6, 6.07) is 7.20. The Labute approximate surface area is 192 Å². The van der Waals surface area contributed by atoms with Gasteiger partial charge in [0.05, 0.1) is 13.2 Å². The molecule has 0 spiro atoms. The first-order valence-electron chi connectivity index (χ1n) is 12.0. The quantitative estimate of drug-likeness (QED) is 0.623. The molecule has 3 N–H and O–H groups in total. The first-order valence-corrected chi connectivity index (χ1v) is 12.0. The number of carbonyl (C=O) groups excluding carboxylic acids is 2. The lowest BCUT2D eigenvalue weighted by Crippen LogP contribution is -2.58. The van der Waals surface area contributed by atoms with E-state index in [1.165, 1.54) is 0 Å². The van der Waals surface area contributed by atoms with E-state index in [1.54, 1.807) is 31.4 Å². The van der Waals surface area contributed by atoms with Gasteiger partial charge in [-0.3, -0.25) is 9.59 Å². The molecule has 0 aromatic heterocycles. The van der Waals surface area contributed by atoms with Crippen LogP contribution < -0.4 is 15.4 Å². The summed E-state index contributed by atoms with van der Waals surface area (Å²) < 4.78 is 5.18. The fourth-order valence-electron chi connectivity index (χ4n) is 6.10. The van der Waals surface area contributed by atoms with Crippen LogP contribution in [0.3, 0.4) is 0 Å². The van der Waals surface area contributed by atoms with Crippen LogP contribution in [0.4, 0.5) is 0 Å². The minimum Gasteiger partial charge on any atom is -0.497 e. The van der Waals surface area contributed by atoms with Crippen LogP contribution >= 0.6 is 0 Å². The van der Waals surface area contributed by atoms with Crippen LogP contribution in [0.2, 0.25) is 0 Å². The van der Waals surface area contributed by atoms with E-state index in [4.69, 9.17) is 4.74 Å². The smallest absolute Gasteiger partial charge is 0.251 e. The molecule has 1 aromatic rings. The lowest BCUT2D eigenvalue weighted by Gasteiger charge is -2.56. The molecule has 0 saturated heterocycles. The van der Waals surface area contributed by atoms with Crippen LogP contribution in [0.1, 0.15) is 70.7 Å². The summed E-state index contributed by atoms with van der Waals surface area (Å²) in [6.45, 7) is 10.3. The fourth-order valence-corrected chi connectivity index (χ4v) is 6.10. The zero-order valence-corrected chi connectivity index (χ0v) is 20.4. The monoisotopic (exact) mass is 444 g/mol. The van der Waals surface area contributed by atoms with Gasteiger partial charge in [0.2, 0.25) is 5.91 Å². The number of carbonyl (C=O) groups is 2. The highest BCUT2D eigenvalue weighted by Gasteiger charge is 2.53. The second-order valence-corrected chi connectivity index (χ2v) is 10.5. The van der Waals surface area contributed by atoms with Gasteiger partial charge in [0, 0.05) is 23.6 Å². The van der Waals surface area contributed by atoms with Crippen molar-refractivity contribution in [1.82, 2.24) is 10.6 Å². The van der Waals surface area contributed by atoms with Gasteiger partial charge in [0.1, 0.15) is 5.75 Å². The van der Waals surface area contributed by atoms with Gasteiger partial charge in [-0.15, -0.1) is 0 Å². The van der Waals surface area contributed by atoms with Crippen molar-refractivity contribution in [2.24, 2.45) is 29.1 Å². The highest BCUT2D eigenvalue weighted by Crippen LogP contribution is 2.55. The van der Waals surface area contributed by atoms with Crippen LogP contribution in [0, 0.1) is 29.1 Å². The number of aliphatic hydroxyl groups excluding tert-OH is 1. The number of ether oxygens (including phenoxy) is 1. The van der Waals surface area contributed by atoms with Crippen molar-refractivity contribution in [2.75, 3.05) is 7.11 Å². The lowest BCUT2D eigenvalue weighted by molar-refractivity contribution is -0.142. The number of hydrogen-bond acceptors (Lipinski definition) is 4. The van der Waals surface area contributed by atoms with E-state index in [-0.39, 0.29) is 53.0 Å². The molecule has 2 amide bonds. The van der Waals surface area contributed by atoms with Crippen molar-refractivity contribution in [2.45, 2.75) is 78.5 Å². The maximum Gasteiger partial charge on any atom is 0.251 e. The zero-order valence-electron chi connectivity index (χ0n) is 20.4. The summed E-state index contributed by atoms with van der Waals surface area (Å²) in [5.41, 5.74) is 0.637. The Balaban J connectivity index is 1.72. The van der Waals surface area contributed by atoms with Crippen LogP contribution in [-0.2, 0) is 4.79 Å². The molecule has 2 saturated carbocycles. The molecule has 2 aliphatic rings. The summed E-state index contributed by atoms with van der Waals surface area (Å²) in [6.07, 6.45) is 3.17. The van der Waals surface area contributed by atoms with Gasteiger partial charge in [-0.05, 0) is 87.0 Å². The van der Waals surface area contributed by atoms with Crippen molar-refractivity contribution in [3.8, 4) is 5.75 Å². The highest BCUT2D eigenvalue weighted by molar-refractivity contribution is 5.94. The van der Waals surface area contributed by atoms with Gasteiger partial charge in [-0.1, -0.05) is 20.8 Å². The largest absolute Gasteiger partial charge is 0.497 e. The van der Waals surface area contributed by atoms with Crippen LogP contribution in [0.5, 0.6) is 5.75 Å². The summed E-state index contributed by atoms with van der Waals surface area (Å²) in [4.78, 5) is 25.5. The Morgan fingerprint density at radius 3 is 2.34 bits per heavy atom. The Morgan fingerprint density at radius 1 is 1.12 bits per heavy atom. The minimum atomic E-state index is -0.558. The maximum atomic E-state index is 12.9. The van der Waals surface area contributed by atoms with Crippen LogP contribution in [-0.4, -0.2) is 42.2 Å². The van der Waals surface area contributed by atoms with Gasteiger partial charge in [0.15, 0.2) is 0 Å². The standard InChI is InChI=1S/C26H40N2O4/c1-15(2)27-24(30)16(3)20-11-13-26(5)14-12-21(17(4)22(26)23(20)29)28-25(31)18-7-9-19(32-6)10-8-18/h7-10,15-17,20-23,29H,11-14H2,1-6H3,(H,27,30)(H,28,31)/t16-,17+,20-,21-,22+,23-,26-/m0/s1. The van der Waals surface area contributed by atoms with Crippen LogP contribution in [0.25, 0.3) is 0 Å². The van der Waals surface area contributed by atoms with Crippen molar-refractivity contribution in [3.63, 3.8) is 0 Å². The third-order valence-electron chi connectivity index (χ3n) is 8.04. The second-order valence-electron chi connectivity index (χ2n) is 10.5. The number of fused-ring (bicyclic) bond motifs is 1. The number of methoxy groups -OCH3 is 1. The van der Waals surface area contributed by atoms with Crippen molar-refractivity contribution in [1.29, 1.82) is 0 Å². The molecule has 0 heterocycles.